The van der Waals surface area contributed by atoms with Crippen LogP contribution in [0.25, 0.3) is 0 Å². The molecule has 5 nitrogen and oxygen atoms in total. The normalized spacial score (nSPS) is 10.3. The summed E-state index contributed by atoms with van der Waals surface area (Å²) in [5, 5.41) is 6.92. The third-order valence-corrected chi connectivity index (χ3v) is 4.09. The van der Waals surface area contributed by atoms with Crippen molar-refractivity contribution in [2.75, 3.05) is 17.7 Å². The summed E-state index contributed by atoms with van der Waals surface area (Å²) in [6.45, 7) is 0. The summed E-state index contributed by atoms with van der Waals surface area (Å²) in [7, 11) is 1.57. The third kappa shape index (κ3) is 4.45. The number of nitrogens with zero attached hydrogens (tertiary/aromatic N) is 1. The molecule has 2 aromatic carbocycles. The molecule has 3 rings (SSSR count). The number of pyridine rings is 1. The van der Waals surface area contributed by atoms with Gasteiger partial charge in [-0.05, 0) is 42.5 Å². The van der Waals surface area contributed by atoms with E-state index in [2.05, 4.69) is 15.6 Å². The molecule has 0 aliphatic rings. The molecular weight excluding hydrogens is 373 g/mol. The van der Waals surface area contributed by atoms with Crippen LogP contribution >= 0.6 is 23.2 Å². The summed E-state index contributed by atoms with van der Waals surface area (Å²) < 4.78 is 5.14. The van der Waals surface area contributed by atoms with Gasteiger partial charge in [0.2, 0.25) is 0 Å². The lowest BCUT2D eigenvalue weighted by Crippen LogP contribution is -2.12. The van der Waals surface area contributed by atoms with E-state index in [4.69, 9.17) is 27.9 Å². The minimum Gasteiger partial charge on any atom is -0.497 e. The minimum atomic E-state index is -0.262. The summed E-state index contributed by atoms with van der Waals surface area (Å²) in [5.41, 5.74) is 1.75. The maximum Gasteiger partial charge on any atom is 0.257 e. The molecule has 0 fully saturated rings. The van der Waals surface area contributed by atoms with Gasteiger partial charge in [0.1, 0.15) is 11.6 Å². The van der Waals surface area contributed by atoms with Crippen LogP contribution in [-0.4, -0.2) is 18.0 Å². The van der Waals surface area contributed by atoms with Crippen molar-refractivity contribution in [1.82, 2.24) is 4.98 Å². The highest BCUT2D eigenvalue weighted by atomic mass is 35.5. The number of nitrogens with one attached hydrogen (secondary N) is 2. The molecule has 0 saturated heterocycles. The van der Waals surface area contributed by atoms with E-state index in [-0.39, 0.29) is 5.91 Å². The van der Waals surface area contributed by atoms with Crippen LogP contribution in [-0.2, 0) is 0 Å². The Hall–Kier alpha value is -2.76. The number of benzene rings is 2. The van der Waals surface area contributed by atoms with Crippen LogP contribution in [0.4, 0.5) is 17.2 Å². The molecule has 0 aliphatic carbocycles. The lowest BCUT2D eigenvalue weighted by molar-refractivity contribution is 0.102. The summed E-state index contributed by atoms with van der Waals surface area (Å²) in [6.07, 6.45) is 1.49. The van der Waals surface area contributed by atoms with Crippen molar-refractivity contribution in [1.29, 1.82) is 0 Å². The SMILES string of the molecule is COc1cccc(NC(=O)c2ccc(Nc3ccc(Cl)cc3Cl)nc2)c1. The van der Waals surface area contributed by atoms with Crippen molar-refractivity contribution in [2.45, 2.75) is 0 Å². The number of carbonyl (C=O) groups is 1. The van der Waals surface area contributed by atoms with E-state index in [9.17, 15) is 4.79 Å². The zero-order valence-corrected chi connectivity index (χ0v) is 15.3. The van der Waals surface area contributed by atoms with Gasteiger partial charge in [-0.15, -0.1) is 0 Å². The van der Waals surface area contributed by atoms with Crippen molar-refractivity contribution in [2.24, 2.45) is 0 Å². The van der Waals surface area contributed by atoms with E-state index in [1.807, 2.05) is 0 Å². The third-order valence-electron chi connectivity index (χ3n) is 3.55. The second-order valence-electron chi connectivity index (χ2n) is 5.37. The summed E-state index contributed by atoms with van der Waals surface area (Å²) in [6, 6.07) is 15.6. The molecule has 7 heteroatoms. The summed E-state index contributed by atoms with van der Waals surface area (Å²) in [5.74, 6) is 0.967. The molecule has 0 radical (unpaired) electrons. The first-order valence-electron chi connectivity index (χ1n) is 7.69. The van der Waals surface area contributed by atoms with E-state index in [1.165, 1.54) is 6.20 Å². The largest absolute Gasteiger partial charge is 0.497 e. The average molecular weight is 388 g/mol. The van der Waals surface area contributed by atoms with Crippen molar-refractivity contribution in [3.63, 3.8) is 0 Å². The first kappa shape index (κ1) is 18.0. The number of ether oxygens (including phenoxy) is 1. The molecule has 0 bridgehead atoms. The van der Waals surface area contributed by atoms with Gasteiger partial charge in [-0.1, -0.05) is 29.3 Å². The van der Waals surface area contributed by atoms with Crippen molar-refractivity contribution >= 4 is 46.3 Å². The Morgan fingerprint density at radius 1 is 1.08 bits per heavy atom. The molecule has 0 spiro atoms. The quantitative estimate of drug-likeness (QED) is 0.615. The van der Waals surface area contributed by atoms with Gasteiger partial charge >= 0.3 is 0 Å². The molecule has 3 aromatic rings. The molecule has 0 aliphatic heterocycles. The van der Waals surface area contributed by atoms with Gasteiger partial charge in [-0.2, -0.15) is 0 Å². The molecule has 26 heavy (non-hydrogen) atoms. The number of halogens is 2. The number of rotatable bonds is 5. The van der Waals surface area contributed by atoms with Crippen LogP contribution in [0.3, 0.4) is 0 Å². The fraction of sp³-hybridized carbons (Fsp3) is 0.0526. The van der Waals surface area contributed by atoms with Gasteiger partial charge in [-0.25, -0.2) is 4.98 Å². The number of carbonyl (C=O) groups excluding carboxylic acids is 1. The Balaban J connectivity index is 1.69. The van der Waals surface area contributed by atoms with Crippen LogP contribution in [0.2, 0.25) is 10.0 Å². The van der Waals surface area contributed by atoms with Crippen molar-refractivity contribution in [3.8, 4) is 5.75 Å². The zero-order valence-electron chi connectivity index (χ0n) is 13.8. The molecule has 0 unspecified atom stereocenters. The predicted octanol–water partition coefficient (Wildman–Crippen LogP) is 5.39. The van der Waals surface area contributed by atoms with Crippen LogP contribution < -0.4 is 15.4 Å². The fourth-order valence-electron chi connectivity index (χ4n) is 2.24. The Morgan fingerprint density at radius 2 is 1.92 bits per heavy atom. The first-order chi connectivity index (χ1) is 12.5. The first-order valence-corrected chi connectivity index (χ1v) is 8.44. The van der Waals surface area contributed by atoms with E-state index in [0.717, 1.165) is 0 Å². The van der Waals surface area contributed by atoms with E-state index >= 15 is 0 Å². The van der Waals surface area contributed by atoms with Crippen LogP contribution in [0.5, 0.6) is 5.75 Å². The van der Waals surface area contributed by atoms with E-state index in [1.54, 1.807) is 61.7 Å². The predicted molar refractivity (Wildman–Crippen MR) is 105 cm³/mol. The molecule has 0 saturated carbocycles. The highest BCUT2D eigenvalue weighted by Crippen LogP contribution is 2.27. The number of amides is 1. The molecule has 1 amide bonds. The average Bonchev–Trinajstić information content (AvgIpc) is 2.64. The lowest BCUT2D eigenvalue weighted by atomic mass is 10.2. The second-order valence-corrected chi connectivity index (χ2v) is 6.21. The molecule has 1 heterocycles. The number of hydrogen-bond acceptors (Lipinski definition) is 4. The molecule has 1 aromatic heterocycles. The summed E-state index contributed by atoms with van der Waals surface area (Å²) >= 11 is 12.0. The lowest BCUT2D eigenvalue weighted by Gasteiger charge is -2.09. The van der Waals surface area contributed by atoms with Crippen LogP contribution in [0, 0.1) is 0 Å². The smallest absolute Gasteiger partial charge is 0.257 e. The maximum atomic E-state index is 12.3. The number of methoxy groups -OCH3 is 1. The summed E-state index contributed by atoms with van der Waals surface area (Å²) in [4.78, 5) is 16.6. The Kier molecular flexibility index (Phi) is 5.61. The van der Waals surface area contributed by atoms with Crippen molar-refractivity contribution < 1.29 is 9.53 Å². The fourth-order valence-corrected chi connectivity index (χ4v) is 2.69. The number of hydrogen-bond donors (Lipinski definition) is 2. The van der Waals surface area contributed by atoms with E-state index < -0.39 is 0 Å². The molecule has 2 N–H and O–H groups in total. The number of aromatic nitrogens is 1. The topological polar surface area (TPSA) is 63.2 Å². The van der Waals surface area contributed by atoms with Crippen LogP contribution in [0.15, 0.2) is 60.8 Å². The zero-order chi connectivity index (χ0) is 18.5. The van der Waals surface area contributed by atoms with Gasteiger partial charge in [0, 0.05) is 23.0 Å². The standard InChI is InChI=1S/C19H15Cl2N3O2/c1-26-15-4-2-3-14(10-15)23-19(25)12-5-8-18(22-11-12)24-17-7-6-13(20)9-16(17)21/h2-11H,1H3,(H,22,24)(H,23,25). The van der Waals surface area contributed by atoms with Gasteiger partial charge in [0.05, 0.1) is 23.4 Å². The van der Waals surface area contributed by atoms with Gasteiger partial charge in [0.25, 0.3) is 5.91 Å². The Labute approximate surface area is 160 Å². The Bertz CT molecular complexity index is 930. The highest BCUT2D eigenvalue weighted by Gasteiger charge is 2.08. The molecule has 132 valence electrons. The van der Waals surface area contributed by atoms with Crippen molar-refractivity contribution in [3.05, 3.63) is 76.4 Å². The number of anilines is 3. The van der Waals surface area contributed by atoms with Gasteiger partial charge < -0.3 is 15.4 Å². The molecule has 0 atom stereocenters. The second kappa shape index (κ2) is 8.08. The minimum absolute atomic E-state index is 0.262. The van der Waals surface area contributed by atoms with Gasteiger partial charge in [-0.3, -0.25) is 4.79 Å². The highest BCUT2D eigenvalue weighted by molar-refractivity contribution is 6.36. The van der Waals surface area contributed by atoms with E-state index in [0.29, 0.717) is 38.6 Å². The van der Waals surface area contributed by atoms with Gasteiger partial charge in [0.15, 0.2) is 0 Å². The Morgan fingerprint density at radius 3 is 2.62 bits per heavy atom. The maximum absolute atomic E-state index is 12.3. The van der Waals surface area contributed by atoms with Crippen LogP contribution in [0.1, 0.15) is 10.4 Å². The monoisotopic (exact) mass is 387 g/mol. The molecular formula is C19H15Cl2N3O2.